The van der Waals surface area contributed by atoms with Gasteiger partial charge in [-0.2, -0.15) is 0 Å². The number of carbonyl (C=O) groups is 1. The van der Waals surface area contributed by atoms with Crippen molar-refractivity contribution in [1.82, 2.24) is 4.90 Å². The molecule has 1 N–H and O–H groups in total. The highest BCUT2D eigenvalue weighted by Crippen LogP contribution is 2.23. The normalized spacial score (nSPS) is 20.6. The number of hydrogen-bond acceptors (Lipinski definition) is 3. The first-order valence-electron chi connectivity index (χ1n) is 7.30. The number of rotatable bonds is 4. The molecule has 0 saturated carbocycles. The van der Waals surface area contributed by atoms with E-state index in [0.29, 0.717) is 19.7 Å². The van der Waals surface area contributed by atoms with Crippen LogP contribution in [0.4, 0.5) is 4.39 Å². The number of benzene rings is 1. The van der Waals surface area contributed by atoms with Crippen molar-refractivity contribution in [3.05, 3.63) is 35.6 Å². The van der Waals surface area contributed by atoms with Gasteiger partial charge >= 0.3 is 0 Å². The lowest BCUT2D eigenvalue weighted by Gasteiger charge is -2.34. The molecule has 0 aliphatic carbocycles. The van der Waals surface area contributed by atoms with Crippen LogP contribution in [0, 0.1) is 11.7 Å². The van der Waals surface area contributed by atoms with Crippen LogP contribution in [0.3, 0.4) is 0 Å². The second-order valence-electron chi connectivity index (χ2n) is 5.77. The van der Waals surface area contributed by atoms with Crippen LogP contribution >= 0.6 is 0 Å². The second kappa shape index (κ2) is 7.00. The fourth-order valence-corrected chi connectivity index (χ4v) is 2.30. The largest absolute Gasteiger partial charge is 0.392 e. The zero-order chi connectivity index (χ0) is 15.4. The molecule has 1 saturated heterocycles. The monoisotopic (exact) mass is 295 g/mol. The molecule has 2 atom stereocenters. The van der Waals surface area contributed by atoms with E-state index >= 15 is 0 Å². The Balaban J connectivity index is 1.97. The zero-order valence-corrected chi connectivity index (χ0v) is 12.5. The van der Waals surface area contributed by atoms with Gasteiger partial charge in [0.15, 0.2) is 0 Å². The number of aliphatic hydroxyl groups is 1. The smallest absolute Gasteiger partial charge is 0.225 e. The van der Waals surface area contributed by atoms with Gasteiger partial charge in [0.2, 0.25) is 5.91 Å². The Hall–Kier alpha value is -1.46. The van der Waals surface area contributed by atoms with E-state index in [0.717, 1.165) is 5.56 Å². The molecular weight excluding hydrogens is 273 g/mol. The Bertz CT molecular complexity index is 475. The van der Waals surface area contributed by atoms with Crippen LogP contribution in [0.15, 0.2) is 24.3 Å². The van der Waals surface area contributed by atoms with E-state index < -0.39 is 6.10 Å². The number of morpholine rings is 1. The molecule has 1 aromatic rings. The summed E-state index contributed by atoms with van der Waals surface area (Å²) in [7, 11) is 0. The molecule has 0 radical (unpaired) electrons. The zero-order valence-electron chi connectivity index (χ0n) is 12.5. The maximum atomic E-state index is 12.9. The number of hydrogen-bond donors (Lipinski definition) is 1. The van der Waals surface area contributed by atoms with Gasteiger partial charge < -0.3 is 14.7 Å². The van der Waals surface area contributed by atoms with E-state index in [4.69, 9.17) is 4.74 Å². The number of nitrogens with zero attached hydrogens (tertiary/aromatic N) is 1. The Morgan fingerprint density at radius 2 is 2.10 bits per heavy atom. The number of ether oxygens (including phenoxy) is 1. The van der Waals surface area contributed by atoms with Crippen molar-refractivity contribution in [2.45, 2.75) is 32.5 Å². The van der Waals surface area contributed by atoms with Crippen molar-refractivity contribution < 1.29 is 19.0 Å². The minimum atomic E-state index is -0.621. The quantitative estimate of drug-likeness (QED) is 0.926. The van der Waals surface area contributed by atoms with Gasteiger partial charge in [0.25, 0.3) is 0 Å². The van der Waals surface area contributed by atoms with Crippen LogP contribution in [0.5, 0.6) is 0 Å². The second-order valence-corrected chi connectivity index (χ2v) is 5.77. The average Bonchev–Trinajstić information content (AvgIpc) is 2.48. The summed E-state index contributed by atoms with van der Waals surface area (Å²) in [6.45, 7) is 5.19. The van der Waals surface area contributed by atoms with Gasteiger partial charge in [0.05, 0.1) is 25.7 Å². The topological polar surface area (TPSA) is 49.8 Å². The molecule has 4 nitrogen and oxygen atoms in total. The molecule has 0 aromatic heterocycles. The van der Waals surface area contributed by atoms with E-state index in [9.17, 15) is 14.3 Å². The fourth-order valence-electron chi connectivity index (χ4n) is 2.30. The van der Waals surface area contributed by atoms with Crippen LogP contribution in [-0.4, -0.2) is 41.7 Å². The molecular formula is C16H22FNO3. The van der Waals surface area contributed by atoms with E-state index in [1.165, 1.54) is 12.1 Å². The SMILES string of the molecule is CC(C)C(O)CC(=O)N1CCOC(c2ccc(F)cc2)C1. The lowest BCUT2D eigenvalue weighted by Crippen LogP contribution is -2.43. The maximum absolute atomic E-state index is 12.9. The lowest BCUT2D eigenvalue weighted by molar-refractivity contribution is -0.141. The Morgan fingerprint density at radius 1 is 1.43 bits per heavy atom. The number of aliphatic hydroxyl groups excluding tert-OH is 1. The summed E-state index contributed by atoms with van der Waals surface area (Å²) in [6.07, 6.45) is -0.725. The molecule has 1 amide bonds. The van der Waals surface area contributed by atoms with E-state index in [1.807, 2.05) is 13.8 Å². The van der Waals surface area contributed by atoms with Crippen molar-refractivity contribution >= 4 is 5.91 Å². The molecule has 1 heterocycles. The summed E-state index contributed by atoms with van der Waals surface area (Å²) < 4.78 is 18.6. The first kappa shape index (κ1) is 15.9. The molecule has 2 rings (SSSR count). The standard InChI is InChI=1S/C16H22FNO3/c1-11(2)14(19)9-16(20)18-7-8-21-15(10-18)12-3-5-13(17)6-4-12/h3-6,11,14-15,19H,7-10H2,1-2H3. The third-order valence-electron chi connectivity index (χ3n) is 3.81. The predicted molar refractivity (Wildman–Crippen MR) is 77.1 cm³/mol. The number of carbonyl (C=O) groups excluding carboxylic acids is 1. The summed E-state index contributed by atoms with van der Waals surface area (Å²) in [6, 6.07) is 6.14. The van der Waals surface area contributed by atoms with Crippen LogP contribution in [0.2, 0.25) is 0 Å². The van der Waals surface area contributed by atoms with E-state index in [2.05, 4.69) is 0 Å². The predicted octanol–water partition coefficient (Wildman–Crippen LogP) is 2.13. The van der Waals surface area contributed by atoms with Crippen LogP contribution in [0.25, 0.3) is 0 Å². The minimum Gasteiger partial charge on any atom is -0.392 e. The third kappa shape index (κ3) is 4.25. The molecule has 5 heteroatoms. The van der Waals surface area contributed by atoms with Crippen molar-refractivity contribution in [1.29, 1.82) is 0 Å². The highest BCUT2D eigenvalue weighted by Gasteiger charge is 2.27. The van der Waals surface area contributed by atoms with Gasteiger partial charge in [-0.05, 0) is 23.6 Å². The maximum Gasteiger partial charge on any atom is 0.225 e. The molecule has 0 spiro atoms. The van der Waals surface area contributed by atoms with E-state index in [-0.39, 0.29) is 30.2 Å². The van der Waals surface area contributed by atoms with Gasteiger partial charge in [0.1, 0.15) is 11.9 Å². The molecule has 1 aromatic carbocycles. The van der Waals surface area contributed by atoms with Crippen molar-refractivity contribution in [3.63, 3.8) is 0 Å². The van der Waals surface area contributed by atoms with Gasteiger partial charge in [0, 0.05) is 6.54 Å². The van der Waals surface area contributed by atoms with Crippen LogP contribution < -0.4 is 0 Å². The number of halogens is 1. The summed E-state index contributed by atoms with van der Waals surface area (Å²) >= 11 is 0. The molecule has 0 bridgehead atoms. The summed E-state index contributed by atoms with van der Waals surface area (Å²) in [5.74, 6) is -0.294. The highest BCUT2D eigenvalue weighted by atomic mass is 19.1. The minimum absolute atomic E-state index is 0.0582. The van der Waals surface area contributed by atoms with Crippen LogP contribution in [0.1, 0.15) is 31.9 Å². The molecule has 1 aliphatic heterocycles. The van der Waals surface area contributed by atoms with Crippen molar-refractivity contribution in [3.8, 4) is 0 Å². The Morgan fingerprint density at radius 3 is 2.71 bits per heavy atom. The summed E-state index contributed by atoms with van der Waals surface area (Å²) in [5, 5.41) is 9.82. The molecule has 2 unspecified atom stereocenters. The van der Waals surface area contributed by atoms with Crippen LogP contribution in [-0.2, 0) is 9.53 Å². The summed E-state index contributed by atoms with van der Waals surface area (Å²) in [4.78, 5) is 13.9. The lowest BCUT2D eigenvalue weighted by atomic mass is 10.0. The van der Waals surface area contributed by atoms with Gasteiger partial charge in [-0.3, -0.25) is 4.79 Å². The third-order valence-corrected chi connectivity index (χ3v) is 3.81. The molecule has 1 fully saturated rings. The average molecular weight is 295 g/mol. The van der Waals surface area contributed by atoms with Gasteiger partial charge in [-0.25, -0.2) is 4.39 Å². The fraction of sp³-hybridized carbons (Fsp3) is 0.562. The van der Waals surface area contributed by atoms with Crippen molar-refractivity contribution in [2.24, 2.45) is 5.92 Å². The van der Waals surface area contributed by atoms with Gasteiger partial charge in [-0.1, -0.05) is 26.0 Å². The molecule has 21 heavy (non-hydrogen) atoms. The van der Waals surface area contributed by atoms with Gasteiger partial charge in [-0.15, -0.1) is 0 Å². The first-order chi connectivity index (χ1) is 9.97. The Labute approximate surface area is 124 Å². The Kier molecular flexibility index (Phi) is 5.31. The molecule has 116 valence electrons. The van der Waals surface area contributed by atoms with Crippen molar-refractivity contribution in [2.75, 3.05) is 19.7 Å². The number of amides is 1. The summed E-state index contributed by atoms with van der Waals surface area (Å²) in [5.41, 5.74) is 0.860. The highest BCUT2D eigenvalue weighted by molar-refractivity contribution is 5.76. The molecule has 1 aliphatic rings. The van der Waals surface area contributed by atoms with E-state index in [1.54, 1.807) is 17.0 Å². The first-order valence-corrected chi connectivity index (χ1v) is 7.30.